The van der Waals surface area contributed by atoms with Crippen LogP contribution < -0.4 is 19.9 Å². The molecule has 0 aliphatic carbocycles. The third-order valence-electron chi connectivity index (χ3n) is 5.41. The van der Waals surface area contributed by atoms with E-state index in [9.17, 15) is 4.79 Å². The molecule has 1 amide bonds. The lowest BCUT2D eigenvalue weighted by molar-refractivity contribution is -1.02. The minimum atomic E-state index is -0.105. The van der Waals surface area contributed by atoms with Crippen LogP contribution in [0, 0.1) is 6.92 Å². The first-order valence-corrected chi connectivity index (χ1v) is 10.3. The molecule has 0 spiro atoms. The zero-order valence-electron chi connectivity index (χ0n) is 16.6. The molecule has 0 unspecified atom stereocenters. The maximum atomic E-state index is 12.3. The third-order valence-corrected chi connectivity index (χ3v) is 5.66. The summed E-state index contributed by atoms with van der Waals surface area (Å²) in [4.78, 5) is 15.4. The number of ether oxygens (including phenoxy) is 1. The van der Waals surface area contributed by atoms with E-state index in [-0.39, 0.29) is 18.6 Å². The molecule has 1 aliphatic heterocycles. The van der Waals surface area contributed by atoms with Gasteiger partial charge in [0.2, 0.25) is 0 Å². The second-order valence-corrected chi connectivity index (χ2v) is 8.06. The Bertz CT molecular complexity index is 756. The Labute approximate surface area is 172 Å². The normalized spacial score (nSPS) is 20.4. The zero-order valence-corrected chi connectivity index (χ0v) is 17.4. The number of benzene rings is 2. The van der Waals surface area contributed by atoms with Crippen LogP contribution in [-0.4, -0.2) is 52.3 Å². The van der Waals surface area contributed by atoms with Gasteiger partial charge in [0, 0.05) is 10.6 Å². The van der Waals surface area contributed by atoms with Crippen molar-refractivity contribution < 1.29 is 19.3 Å². The number of carbonyl (C=O) groups is 1. The fourth-order valence-corrected chi connectivity index (χ4v) is 3.72. The number of halogens is 1. The van der Waals surface area contributed by atoms with Gasteiger partial charge in [-0.1, -0.05) is 41.4 Å². The van der Waals surface area contributed by atoms with Gasteiger partial charge in [-0.15, -0.1) is 0 Å². The molecule has 2 aromatic carbocycles. The smallest absolute Gasteiger partial charge is 0.258 e. The number of hydrogen-bond donors (Lipinski definition) is 3. The molecule has 1 saturated heterocycles. The number of nitrogens with one attached hydrogen (secondary N) is 3. The number of aryl methyl sites for hydroxylation is 1. The van der Waals surface area contributed by atoms with Crippen LogP contribution in [-0.2, 0) is 4.79 Å². The standard InChI is InChI=1S/C22H28ClN3O2/c1-17-3-5-18(6-4-17)21(26-13-11-25(2)12-14-26)15-24-22(27)16-28-20-9-7-19(23)8-10-20/h3-10,21H,11-16H2,1-2H3,(H,24,27)/p+2/t21-/m0/s1. The van der Waals surface area contributed by atoms with Crippen LogP contribution in [0.25, 0.3) is 0 Å². The highest BCUT2D eigenvalue weighted by atomic mass is 35.5. The lowest BCUT2D eigenvalue weighted by Crippen LogP contribution is -3.27. The van der Waals surface area contributed by atoms with Crippen molar-refractivity contribution >= 4 is 17.5 Å². The molecule has 0 aromatic heterocycles. The van der Waals surface area contributed by atoms with Crippen LogP contribution in [0.4, 0.5) is 0 Å². The summed E-state index contributed by atoms with van der Waals surface area (Å²) < 4.78 is 5.56. The quantitative estimate of drug-likeness (QED) is 0.622. The van der Waals surface area contributed by atoms with Gasteiger partial charge in [0.25, 0.3) is 5.91 Å². The number of quaternary nitrogens is 2. The number of hydrogen-bond acceptors (Lipinski definition) is 2. The van der Waals surface area contributed by atoms with Gasteiger partial charge in [-0.2, -0.15) is 0 Å². The Morgan fingerprint density at radius 3 is 2.36 bits per heavy atom. The second-order valence-electron chi connectivity index (χ2n) is 7.63. The molecule has 1 aliphatic rings. The van der Waals surface area contributed by atoms with Gasteiger partial charge >= 0.3 is 0 Å². The van der Waals surface area contributed by atoms with E-state index < -0.39 is 0 Å². The average molecular weight is 404 g/mol. The van der Waals surface area contributed by atoms with E-state index in [1.807, 2.05) is 0 Å². The minimum absolute atomic E-state index is 0.00443. The van der Waals surface area contributed by atoms with Crippen LogP contribution in [0.3, 0.4) is 0 Å². The number of likely N-dealkylation sites (N-methyl/N-ethyl adjacent to an activating group) is 1. The molecular formula is C22H30ClN3O2+2. The Morgan fingerprint density at radius 1 is 1.07 bits per heavy atom. The predicted octanol–water partition coefficient (Wildman–Crippen LogP) is 0.298. The highest BCUT2D eigenvalue weighted by molar-refractivity contribution is 6.30. The largest absolute Gasteiger partial charge is 0.484 e. The monoisotopic (exact) mass is 403 g/mol. The summed E-state index contributed by atoms with van der Waals surface area (Å²) in [6.07, 6.45) is 0. The highest BCUT2D eigenvalue weighted by Gasteiger charge is 2.29. The SMILES string of the molecule is Cc1ccc([C@H](CNC(=O)COc2ccc(Cl)cc2)[NH+]2CC[NH+](C)CC2)cc1. The number of rotatable bonds is 7. The Kier molecular flexibility index (Phi) is 7.31. The number of piperazine rings is 1. The molecule has 3 rings (SSSR count). The summed E-state index contributed by atoms with van der Waals surface area (Å²) in [5, 5.41) is 3.72. The lowest BCUT2D eigenvalue weighted by Gasteiger charge is -2.33. The van der Waals surface area contributed by atoms with Crippen LogP contribution in [0.2, 0.25) is 5.02 Å². The van der Waals surface area contributed by atoms with Gasteiger partial charge in [0.15, 0.2) is 6.61 Å². The fraction of sp³-hybridized carbons (Fsp3) is 0.409. The van der Waals surface area contributed by atoms with Crippen molar-refractivity contribution in [1.82, 2.24) is 5.32 Å². The molecular weight excluding hydrogens is 374 g/mol. The fourth-order valence-electron chi connectivity index (χ4n) is 3.59. The molecule has 28 heavy (non-hydrogen) atoms. The van der Waals surface area contributed by atoms with Gasteiger partial charge in [0.1, 0.15) is 38.0 Å². The minimum Gasteiger partial charge on any atom is -0.484 e. The summed E-state index contributed by atoms with van der Waals surface area (Å²) in [6.45, 7) is 7.26. The van der Waals surface area contributed by atoms with Gasteiger partial charge in [-0.3, -0.25) is 4.79 Å². The number of amides is 1. The molecule has 2 aromatic rings. The molecule has 1 atom stereocenters. The molecule has 0 radical (unpaired) electrons. The molecule has 5 nitrogen and oxygen atoms in total. The maximum Gasteiger partial charge on any atom is 0.258 e. The number of carbonyl (C=O) groups excluding carboxylic acids is 1. The van der Waals surface area contributed by atoms with E-state index >= 15 is 0 Å². The van der Waals surface area contributed by atoms with Crippen molar-refractivity contribution in [1.29, 1.82) is 0 Å². The Morgan fingerprint density at radius 2 is 1.71 bits per heavy atom. The summed E-state index contributed by atoms with van der Waals surface area (Å²) in [6, 6.07) is 16.0. The molecule has 0 bridgehead atoms. The summed E-state index contributed by atoms with van der Waals surface area (Å²) in [7, 11) is 2.24. The van der Waals surface area contributed by atoms with E-state index in [1.165, 1.54) is 16.0 Å². The molecule has 150 valence electrons. The van der Waals surface area contributed by atoms with Crippen LogP contribution in [0.15, 0.2) is 48.5 Å². The lowest BCUT2D eigenvalue weighted by atomic mass is 10.0. The van der Waals surface area contributed by atoms with Gasteiger partial charge < -0.3 is 19.9 Å². The summed E-state index contributed by atoms with van der Waals surface area (Å²) in [5.74, 6) is 0.536. The Balaban J connectivity index is 1.58. The van der Waals surface area contributed by atoms with E-state index in [0.717, 1.165) is 26.2 Å². The molecule has 3 N–H and O–H groups in total. The predicted molar refractivity (Wildman–Crippen MR) is 111 cm³/mol. The molecule has 0 saturated carbocycles. The third kappa shape index (κ3) is 5.96. The van der Waals surface area contributed by atoms with Gasteiger partial charge in [-0.05, 0) is 31.2 Å². The van der Waals surface area contributed by atoms with E-state index in [2.05, 4.69) is 43.6 Å². The van der Waals surface area contributed by atoms with Gasteiger partial charge in [-0.25, -0.2) is 0 Å². The van der Waals surface area contributed by atoms with Crippen molar-refractivity contribution in [2.45, 2.75) is 13.0 Å². The van der Waals surface area contributed by atoms with E-state index in [1.54, 1.807) is 29.2 Å². The van der Waals surface area contributed by atoms with Gasteiger partial charge in [0.05, 0.1) is 13.6 Å². The molecule has 6 heteroatoms. The first-order valence-electron chi connectivity index (χ1n) is 9.89. The van der Waals surface area contributed by atoms with Crippen molar-refractivity contribution in [3.05, 3.63) is 64.7 Å². The maximum absolute atomic E-state index is 12.3. The zero-order chi connectivity index (χ0) is 19.9. The van der Waals surface area contributed by atoms with Crippen LogP contribution in [0.1, 0.15) is 17.2 Å². The molecule has 1 heterocycles. The van der Waals surface area contributed by atoms with E-state index in [0.29, 0.717) is 17.3 Å². The van der Waals surface area contributed by atoms with E-state index in [4.69, 9.17) is 16.3 Å². The first-order chi connectivity index (χ1) is 13.5. The summed E-state index contributed by atoms with van der Waals surface area (Å²) in [5.41, 5.74) is 2.53. The average Bonchev–Trinajstić information content (AvgIpc) is 2.70. The van der Waals surface area contributed by atoms with Crippen LogP contribution in [0.5, 0.6) is 5.75 Å². The van der Waals surface area contributed by atoms with Crippen LogP contribution >= 0.6 is 11.6 Å². The van der Waals surface area contributed by atoms with Crippen molar-refractivity contribution in [3.63, 3.8) is 0 Å². The van der Waals surface area contributed by atoms with Crippen molar-refractivity contribution in [2.75, 3.05) is 46.4 Å². The first kappa shape index (κ1) is 20.6. The topological polar surface area (TPSA) is 47.2 Å². The molecule has 1 fully saturated rings. The van der Waals surface area contributed by atoms with Crippen molar-refractivity contribution in [2.24, 2.45) is 0 Å². The highest BCUT2D eigenvalue weighted by Crippen LogP contribution is 2.15. The summed E-state index contributed by atoms with van der Waals surface area (Å²) >= 11 is 5.87. The second kappa shape index (κ2) is 9.92. The van der Waals surface area contributed by atoms with Crippen molar-refractivity contribution in [3.8, 4) is 5.75 Å². The Hall–Kier alpha value is -2.08.